The number of nitrogens with zero attached hydrogens (tertiary/aromatic N) is 1. The minimum absolute atomic E-state index is 0.406. The van der Waals surface area contributed by atoms with Crippen molar-refractivity contribution in [2.75, 3.05) is 18.1 Å². The van der Waals surface area contributed by atoms with Crippen LogP contribution in [0.4, 0.5) is 5.69 Å². The van der Waals surface area contributed by atoms with Crippen LogP contribution in [0.25, 0.3) is 0 Å². The van der Waals surface area contributed by atoms with Gasteiger partial charge in [-0.05, 0) is 56.0 Å². The molecule has 3 rings (SSSR count). The van der Waals surface area contributed by atoms with Crippen molar-refractivity contribution < 1.29 is 14.3 Å². The van der Waals surface area contributed by atoms with Crippen LogP contribution in [0.2, 0.25) is 0 Å². The fourth-order valence-electron chi connectivity index (χ4n) is 3.17. The summed E-state index contributed by atoms with van der Waals surface area (Å²) in [4.78, 5) is 26.1. The molecule has 0 N–H and O–H groups in total. The van der Waals surface area contributed by atoms with E-state index < -0.39 is 11.7 Å². The largest absolute Gasteiger partial charge is 0.493 e. The second-order valence-electron chi connectivity index (χ2n) is 6.23. The highest BCUT2D eigenvalue weighted by molar-refractivity contribution is 6.52. The van der Waals surface area contributed by atoms with E-state index in [1.54, 1.807) is 11.0 Å². The number of aryl methyl sites for hydroxylation is 3. The normalized spacial score (nSPS) is 13.4. The Morgan fingerprint density at radius 1 is 1.00 bits per heavy atom. The van der Waals surface area contributed by atoms with Crippen LogP contribution in [-0.4, -0.2) is 24.8 Å². The van der Waals surface area contributed by atoms with E-state index in [2.05, 4.69) is 0 Å². The Morgan fingerprint density at radius 2 is 1.75 bits per heavy atom. The number of benzene rings is 2. The summed E-state index contributed by atoms with van der Waals surface area (Å²) >= 11 is 0. The van der Waals surface area contributed by atoms with E-state index in [0.717, 1.165) is 28.1 Å². The number of para-hydroxylation sites is 1. The van der Waals surface area contributed by atoms with E-state index >= 15 is 0 Å². The first kappa shape index (κ1) is 16.2. The number of fused-ring (bicyclic) bond motifs is 1. The third-order valence-corrected chi connectivity index (χ3v) is 4.28. The van der Waals surface area contributed by atoms with Gasteiger partial charge in [-0.1, -0.05) is 24.3 Å². The van der Waals surface area contributed by atoms with Gasteiger partial charge in [-0.15, -0.1) is 0 Å². The molecule has 1 amide bonds. The SMILES string of the molecule is Cc1cc(C)c2c(c1)C(=O)C(=O)N2CCCOc1ccccc1C. The molecule has 0 bridgehead atoms. The second kappa shape index (κ2) is 6.48. The lowest BCUT2D eigenvalue weighted by Crippen LogP contribution is -2.31. The van der Waals surface area contributed by atoms with E-state index in [4.69, 9.17) is 4.74 Å². The standard InChI is InChI=1S/C20H21NO3/c1-13-11-15(3)18-16(12-13)19(22)20(23)21(18)9-6-10-24-17-8-5-4-7-14(17)2/h4-5,7-8,11-12H,6,9-10H2,1-3H3. The predicted molar refractivity (Wildman–Crippen MR) is 93.9 cm³/mol. The Morgan fingerprint density at radius 3 is 2.50 bits per heavy atom. The molecule has 124 valence electrons. The molecule has 1 aliphatic rings. The van der Waals surface area contributed by atoms with Gasteiger partial charge in [-0.2, -0.15) is 0 Å². The Kier molecular flexibility index (Phi) is 4.38. The van der Waals surface area contributed by atoms with Gasteiger partial charge in [-0.25, -0.2) is 0 Å². The third kappa shape index (κ3) is 2.92. The molecule has 0 aromatic heterocycles. The maximum absolute atomic E-state index is 12.3. The van der Waals surface area contributed by atoms with Gasteiger partial charge in [0.05, 0.1) is 17.9 Å². The van der Waals surface area contributed by atoms with Gasteiger partial charge in [0, 0.05) is 6.54 Å². The van der Waals surface area contributed by atoms with Crippen molar-refractivity contribution in [1.82, 2.24) is 0 Å². The maximum Gasteiger partial charge on any atom is 0.299 e. The number of hydrogen-bond acceptors (Lipinski definition) is 3. The number of ketones is 1. The molecule has 0 unspecified atom stereocenters. The maximum atomic E-state index is 12.3. The smallest absolute Gasteiger partial charge is 0.299 e. The van der Waals surface area contributed by atoms with Crippen molar-refractivity contribution in [3.05, 3.63) is 58.7 Å². The van der Waals surface area contributed by atoms with E-state index in [1.807, 2.05) is 51.1 Å². The van der Waals surface area contributed by atoms with Crippen LogP contribution >= 0.6 is 0 Å². The highest BCUT2D eigenvalue weighted by Gasteiger charge is 2.36. The van der Waals surface area contributed by atoms with Crippen molar-refractivity contribution in [3.63, 3.8) is 0 Å². The fraction of sp³-hybridized carbons (Fsp3) is 0.300. The molecule has 0 atom stereocenters. The molecule has 0 saturated heterocycles. The highest BCUT2D eigenvalue weighted by Crippen LogP contribution is 2.33. The predicted octanol–water partition coefficient (Wildman–Crippen LogP) is 3.61. The number of hydrogen-bond donors (Lipinski definition) is 0. The van der Waals surface area contributed by atoms with Gasteiger partial charge in [0.2, 0.25) is 0 Å². The Hall–Kier alpha value is -2.62. The van der Waals surface area contributed by atoms with Crippen LogP contribution in [0.5, 0.6) is 5.75 Å². The van der Waals surface area contributed by atoms with Crippen molar-refractivity contribution in [2.24, 2.45) is 0 Å². The summed E-state index contributed by atoms with van der Waals surface area (Å²) < 4.78 is 5.77. The molecule has 4 nitrogen and oxygen atoms in total. The van der Waals surface area contributed by atoms with Crippen molar-refractivity contribution in [1.29, 1.82) is 0 Å². The molecule has 0 saturated carbocycles. The highest BCUT2D eigenvalue weighted by atomic mass is 16.5. The molecule has 2 aromatic carbocycles. The van der Waals surface area contributed by atoms with Crippen LogP contribution in [0.1, 0.15) is 33.5 Å². The first-order chi connectivity index (χ1) is 11.5. The lowest BCUT2D eigenvalue weighted by atomic mass is 10.0. The summed E-state index contributed by atoms with van der Waals surface area (Å²) in [7, 11) is 0. The van der Waals surface area contributed by atoms with Gasteiger partial charge >= 0.3 is 0 Å². The average Bonchev–Trinajstić information content (AvgIpc) is 2.78. The summed E-state index contributed by atoms with van der Waals surface area (Å²) in [6, 6.07) is 11.6. The molecule has 2 aromatic rings. The Labute approximate surface area is 142 Å². The lowest BCUT2D eigenvalue weighted by Gasteiger charge is -2.19. The van der Waals surface area contributed by atoms with Gasteiger partial charge in [0.1, 0.15) is 5.75 Å². The zero-order valence-electron chi connectivity index (χ0n) is 14.3. The van der Waals surface area contributed by atoms with Gasteiger partial charge < -0.3 is 9.64 Å². The molecule has 0 aliphatic carbocycles. The van der Waals surface area contributed by atoms with Crippen LogP contribution in [0, 0.1) is 20.8 Å². The molecule has 0 spiro atoms. The quantitative estimate of drug-likeness (QED) is 0.624. The van der Waals surface area contributed by atoms with E-state index in [0.29, 0.717) is 25.1 Å². The van der Waals surface area contributed by atoms with Crippen LogP contribution in [0.3, 0.4) is 0 Å². The number of ether oxygens (including phenoxy) is 1. The van der Waals surface area contributed by atoms with E-state index in [-0.39, 0.29) is 0 Å². The summed E-state index contributed by atoms with van der Waals surface area (Å²) in [6.07, 6.45) is 0.667. The monoisotopic (exact) mass is 323 g/mol. The number of carbonyl (C=O) groups is 2. The van der Waals surface area contributed by atoms with Crippen molar-refractivity contribution >= 4 is 17.4 Å². The zero-order valence-corrected chi connectivity index (χ0v) is 14.3. The summed E-state index contributed by atoms with van der Waals surface area (Å²) in [5, 5.41) is 0. The van der Waals surface area contributed by atoms with Crippen LogP contribution in [0.15, 0.2) is 36.4 Å². The number of amides is 1. The molecule has 1 aliphatic heterocycles. The minimum Gasteiger partial charge on any atom is -0.493 e. The molecule has 1 heterocycles. The van der Waals surface area contributed by atoms with Crippen molar-refractivity contribution in [3.8, 4) is 5.75 Å². The minimum atomic E-state index is -0.436. The molecule has 4 heteroatoms. The molecule has 0 fully saturated rings. The fourth-order valence-corrected chi connectivity index (χ4v) is 3.17. The first-order valence-electron chi connectivity index (χ1n) is 8.15. The summed E-state index contributed by atoms with van der Waals surface area (Å²) in [5.41, 5.74) is 4.33. The van der Waals surface area contributed by atoms with Gasteiger partial charge in [-0.3, -0.25) is 9.59 Å². The summed E-state index contributed by atoms with van der Waals surface area (Å²) in [5.74, 6) is 0.0137. The van der Waals surface area contributed by atoms with E-state index in [9.17, 15) is 9.59 Å². The second-order valence-corrected chi connectivity index (χ2v) is 6.23. The Balaban J connectivity index is 1.68. The van der Waals surface area contributed by atoms with Gasteiger partial charge in [0.15, 0.2) is 0 Å². The molecular weight excluding hydrogens is 302 g/mol. The molecular formula is C20H21NO3. The van der Waals surface area contributed by atoms with Crippen LogP contribution in [-0.2, 0) is 4.79 Å². The number of Topliss-reactive ketones (excluding diaryl/α,β-unsaturated/α-hetero) is 1. The molecule has 0 radical (unpaired) electrons. The lowest BCUT2D eigenvalue weighted by molar-refractivity contribution is -0.114. The van der Waals surface area contributed by atoms with Crippen molar-refractivity contribution in [2.45, 2.75) is 27.2 Å². The first-order valence-corrected chi connectivity index (χ1v) is 8.15. The zero-order chi connectivity index (χ0) is 17.3. The van der Waals surface area contributed by atoms with Gasteiger partial charge in [0.25, 0.3) is 11.7 Å². The topological polar surface area (TPSA) is 46.6 Å². The van der Waals surface area contributed by atoms with E-state index in [1.165, 1.54) is 0 Å². The average molecular weight is 323 g/mol. The summed E-state index contributed by atoms with van der Waals surface area (Å²) in [6.45, 7) is 6.86. The number of rotatable bonds is 5. The Bertz CT molecular complexity index is 811. The van der Waals surface area contributed by atoms with Crippen LogP contribution < -0.4 is 9.64 Å². The number of carbonyl (C=O) groups excluding carboxylic acids is 2. The molecule has 24 heavy (non-hydrogen) atoms. The number of anilines is 1. The third-order valence-electron chi connectivity index (χ3n) is 4.28.